The number of methoxy groups -OCH3 is 1. The molecule has 5 nitrogen and oxygen atoms in total. The molecule has 0 saturated heterocycles. The molecular formula is C18H19N3O2. The summed E-state index contributed by atoms with van der Waals surface area (Å²) in [6.45, 7) is 4.06. The molecule has 0 aliphatic carbocycles. The molecule has 0 saturated carbocycles. The lowest BCUT2D eigenvalue weighted by molar-refractivity contribution is -0.0143. The Morgan fingerprint density at radius 3 is 2.91 bits per heavy atom. The number of hydrogen-bond acceptors (Lipinski definition) is 5. The third-order valence-electron chi connectivity index (χ3n) is 3.67. The number of nitrogen functional groups attached to an aromatic ring is 1. The molecule has 0 fully saturated rings. The van der Waals surface area contributed by atoms with Gasteiger partial charge in [0.25, 0.3) is 0 Å². The molecule has 23 heavy (non-hydrogen) atoms. The van der Waals surface area contributed by atoms with Gasteiger partial charge in [0.15, 0.2) is 0 Å². The number of anilines is 1. The van der Waals surface area contributed by atoms with Crippen LogP contribution in [-0.2, 0) is 4.74 Å². The van der Waals surface area contributed by atoms with Crippen molar-refractivity contribution >= 4 is 5.82 Å². The lowest BCUT2D eigenvalue weighted by Crippen LogP contribution is -2.35. The highest BCUT2D eigenvalue weighted by Gasteiger charge is 2.34. The number of fused-ring (bicyclic) bond motifs is 1. The minimum absolute atomic E-state index is 0.0477. The van der Waals surface area contributed by atoms with Gasteiger partial charge in [0, 0.05) is 30.9 Å². The van der Waals surface area contributed by atoms with Gasteiger partial charge in [0.1, 0.15) is 17.1 Å². The molecule has 1 atom stereocenters. The Kier molecular flexibility index (Phi) is 3.93. The number of pyridine rings is 2. The maximum atomic E-state index is 5.92. The minimum Gasteiger partial charge on any atom is -0.471 e. The van der Waals surface area contributed by atoms with Crippen LogP contribution in [0.15, 0.2) is 30.5 Å². The number of ether oxygens (including phenoxy) is 2. The molecule has 0 unspecified atom stereocenters. The third-order valence-corrected chi connectivity index (χ3v) is 3.67. The zero-order chi connectivity index (χ0) is 16.4. The lowest BCUT2D eigenvalue weighted by Gasteiger charge is -2.36. The fourth-order valence-electron chi connectivity index (χ4n) is 2.58. The molecule has 0 amide bonds. The predicted octanol–water partition coefficient (Wildman–Crippen LogP) is 2.71. The van der Waals surface area contributed by atoms with Crippen LogP contribution in [0, 0.1) is 11.8 Å². The Bertz CT molecular complexity index is 790. The first kappa shape index (κ1) is 15.3. The standard InChI is InChI=1S/C18H19N3O2/c1-18(2)10-15(22-3)14-9-12(11-20-17(14)23-18)7-8-13-5-4-6-16(19)21-13/h4-6,9,11,15H,10H2,1-3H3,(H2,19,21)/t15-/m1/s1. The Balaban J connectivity index is 1.93. The van der Waals surface area contributed by atoms with Gasteiger partial charge >= 0.3 is 0 Å². The van der Waals surface area contributed by atoms with Crippen molar-refractivity contribution in [1.82, 2.24) is 9.97 Å². The fraction of sp³-hybridized carbons (Fsp3) is 0.333. The van der Waals surface area contributed by atoms with Crippen LogP contribution < -0.4 is 10.5 Å². The summed E-state index contributed by atoms with van der Waals surface area (Å²) < 4.78 is 11.5. The molecule has 5 heteroatoms. The second-order valence-electron chi connectivity index (χ2n) is 6.11. The van der Waals surface area contributed by atoms with Crippen molar-refractivity contribution in [3.05, 3.63) is 47.3 Å². The number of rotatable bonds is 1. The lowest BCUT2D eigenvalue weighted by atomic mass is 9.92. The van der Waals surface area contributed by atoms with Gasteiger partial charge in [-0.2, -0.15) is 0 Å². The van der Waals surface area contributed by atoms with E-state index in [-0.39, 0.29) is 11.7 Å². The zero-order valence-corrected chi connectivity index (χ0v) is 13.5. The molecular weight excluding hydrogens is 290 g/mol. The summed E-state index contributed by atoms with van der Waals surface area (Å²) in [7, 11) is 1.70. The van der Waals surface area contributed by atoms with E-state index in [1.807, 2.05) is 32.0 Å². The van der Waals surface area contributed by atoms with Gasteiger partial charge in [-0.1, -0.05) is 12.0 Å². The summed E-state index contributed by atoms with van der Waals surface area (Å²) >= 11 is 0. The maximum Gasteiger partial charge on any atom is 0.219 e. The zero-order valence-electron chi connectivity index (χ0n) is 13.5. The van der Waals surface area contributed by atoms with Gasteiger partial charge in [-0.3, -0.25) is 0 Å². The Morgan fingerprint density at radius 1 is 1.35 bits per heavy atom. The third kappa shape index (κ3) is 3.43. The van der Waals surface area contributed by atoms with Crippen molar-refractivity contribution in [1.29, 1.82) is 0 Å². The number of aromatic nitrogens is 2. The van der Waals surface area contributed by atoms with Crippen LogP contribution in [0.5, 0.6) is 5.88 Å². The normalized spacial score (nSPS) is 18.3. The topological polar surface area (TPSA) is 70.3 Å². The van der Waals surface area contributed by atoms with Gasteiger partial charge in [0.05, 0.1) is 6.10 Å². The van der Waals surface area contributed by atoms with Crippen LogP contribution in [0.3, 0.4) is 0 Å². The number of hydrogen-bond donors (Lipinski definition) is 1. The maximum absolute atomic E-state index is 5.92. The van der Waals surface area contributed by atoms with E-state index in [1.54, 1.807) is 19.4 Å². The second-order valence-corrected chi connectivity index (χ2v) is 6.11. The van der Waals surface area contributed by atoms with Crippen LogP contribution in [-0.4, -0.2) is 22.7 Å². The van der Waals surface area contributed by atoms with Crippen molar-refractivity contribution in [2.45, 2.75) is 32.0 Å². The Labute approximate surface area is 135 Å². The fourth-order valence-corrected chi connectivity index (χ4v) is 2.58. The predicted molar refractivity (Wildman–Crippen MR) is 87.9 cm³/mol. The summed E-state index contributed by atoms with van der Waals surface area (Å²) in [4.78, 5) is 8.55. The first-order valence-electron chi connectivity index (χ1n) is 7.43. The van der Waals surface area contributed by atoms with E-state index in [9.17, 15) is 0 Å². The first-order valence-corrected chi connectivity index (χ1v) is 7.43. The van der Waals surface area contributed by atoms with Crippen LogP contribution in [0.1, 0.15) is 43.2 Å². The average molecular weight is 309 g/mol. The number of nitrogens with two attached hydrogens (primary N) is 1. The Hall–Kier alpha value is -2.58. The highest BCUT2D eigenvalue weighted by Crippen LogP contribution is 2.39. The molecule has 2 aromatic heterocycles. The average Bonchev–Trinajstić information content (AvgIpc) is 2.51. The molecule has 0 aromatic carbocycles. The van der Waals surface area contributed by atoms with Crippen LogP contribution in [0.4, 0.5) is 5.82 Å². The van der Waals surface area contributed by atoms with Gasteiger partial charge in [0.2, 0.25) is 5.88 Å². The highest BCUT2D eigenvalue weighted by molar-refractivity contribution is 5.45. The highest BCUT2D eigenvalue weighted by atomic mass is 16.5. The van der Waals surface area contributed by atoms with Crippen LogP contribution in [0.25, 0.3) is 0 Å². The molecule has 0 radical (unpaired) electrons. The van der Waals surface area contributed by atoms with Gasteiger partial charge in [-0.15, -0.1) is 0 Å². The van der Waals surface area contributed by atoms with E-state index >= 15 is 0 Å². The van der Waals surface area contributed by atoms with E-state index in [0.29, 0.717) is 17.4 Å². The molecule has 2 aromatic rings. The van der Waals surface area contributed by atoms with E-state index in [1.165, 1.54) is 0 Å². The van der Waals surface area contributed by atoms with Crippen molar-refractivity contribution in [2.24, 2.45) is 0 Å². The second kappa shape index (κ2) is 5.90. The molecule has 1 aliphatic heterocycles. The molecule has 2 N–H and O–H groups in total. The molecule has 0 bridgehead atoms. The van der Waals surface area contributed by atoms with Gasteiger partial charge in [-0.05, 0) is 38.0 Å². The summed E-state index contributed by atoms with van der Waals surface area (Å²) in [6, 6.07) is 7.34. The summed E-state index contributed by atoms with van der Waals surface area (Å²) in [5.74, 6) is 7.12. The SMILES string of the molecule is CO[C@@H]1CC(C)(C)Oc2ncc(C#Cc3cccc(N)n3)cc21. The summed E-state index contributed by atoms with van der Waals surface area (Å²) in [6.07, 6.45) is 2.42. The van der Waals surface area contributed by atoms with Crippen molar-refractivity contribution in [3.8, 4) is 17.7 Å². The van der Waals surface area contributed by atoms with E-state index in [2.05, 4.69) is 21.8 Å². The van der Waals surface area contributed by atoms with Crippen molar-refractivity contribution in [2.75, 3.05) is 12.8 Å². The quantitative estimate of drug-likeness (QED) is 0.820. The van der Waals surface area contributed by atoms with Crippen molar-refractivity contribution < 1.29 is 9.47 Å². The van der Waals surface area contributed by atoms with E-state index < -0.39 is 0 Å². The smallest absolute Gasteiger partial charge is 0.219 e. The van der Waals surface area contributed by atoms with E-state index in [0.717, 1.165) is 17.5 Å². The molecule has 3 rings (SSSR count). The monoisotopic (exact) mass is 309 g/mol. The van der Waals surface area contributed by atoms with Crippen LogP contribution >= 0.6 is 0 Å². The molecule has 1 aliphatic rings. The van der Waals surface area contributed by atoms with Crippen molar-refractivity contribution in [3.63, 3.8) is 0 Å². The van der Waals surface area contributed by atoms with Gasteiger partial charge in [-0.25, -0.2) is 9.97 Å². The summed E-state index contributed by atoms with van der Waals surface area (Å²) in [5.41, 5.74) is 7.71. The molecule has 118 valence electrons. The van der Waals surface area contributed by atoms with Gasteiger partial charge < -0.3 is 15.2 Å². The first-order chi connectivity index (χ1) is 11.0. The van der Waals surface area contributed by atoms with Crippen LogP contribution in [0.2, 0.25) is 0 Å². The number of nitrogens with zero attached hydrogens (tertiary/aromatic N) is 2. The molecule has 3 heterocycles. The Morgan fingerprint density at radius 2 is 2.17 bits per heavy atom. The van der Waals surface area contributed by atoms with E-state index in [4.69, 9.17) is 15.2 Å². The minimum atomic E-state index is -0.292. The summed E-state index contributed by atoms with van der Waals surface area (Å²) in [5, 5.41) is 0. The largest absolute Gasteiger partial charge is 0.471 e. The molecule has 0 spiro atoms.